The van der Waals surface area contributed by atoms with Crippen LogP contribution in [0.25, 0.3) is 0 Å². The van der Waals surface area contributed by atoms with Gasteiger partial charge in [0.25, 0.3) is 0 Å². The summed E-state index contributed by atoms with van der Waals surface area (Å²) in [7, 11) is 0. The molecule has 0 radical (unpaired) electrons. The molecule has 0 aromatic carbocycles. The molecule has 0 fully saturated rings. The molecule has 0 aliphatic carbocycles. The molecule has 0 aromatic rings. The summed E-state index contributed by atoms with van der Waals surface area (Å²) in [5.74, 6) is 0. The van der Waals surface area contributed by atoms with Crippen molar-refractivity contribution in [1.29, 1.82) is 0 Å². The second kappa shape index (κ2) is 15.7. The van der Waals surface area contributed by atoms with Crippen LogP contribution in [0.4, 0.5) is 0 Å². The molecule has 20 valence electrons. The minimum Gasteiger partial charge on any atom is -0.734 e. The van der Waals surface area contributed by atoms with Gasteiger partial charge in [-0.05, 0) is 0 Å². The number of hydrogen-bond acceptors (Lipinski definition) is 3. The van der Waals surface area contributed by atoms with Gasteiger partial charge in [0.1, 0.15) is 0 Å². The normalized spacial score (nSPS) is 3.60. The first-order valence-electron chi connectivity index (χ1n) is 0.333. The molecule has 0 heterocycles. The third-order valence-electron chi connectivity index (χ3n) is 0. The summed E-state index contributed by atoms with van der Waals surface area (Å²) in [6.45, 7) is 0. The first-order chi connectivity index (χ1) is 1.41. The molecule has 0 bridgehead atoms. The van der Waals surface area contributed by atoms with Crippen LogP contribution >= 0.6 is 0 Å². The van der Waals surface area contributed by atoms with Crippen molar-refractivity contribution in [2.24, 2.45) is 0 Å². The van der Waals surface area contributed by atoms with Crippen molar-refractivity contribution in [3.05, 3.63) is 0 Å². The van der Waals surface area contributed by atoms with Crippen LogP contribution in [-0.4, -0.2) is 0 Å². The molecule has 0 spiro atoms. The molecule has 5 heavy (non-hydrogen) atoms. The molecule has 3 nitrogen and oxygen atoms in total. The van der Waals surface area contributed by atoms with E-state index < -0.39 is 0 Å². The van der Waals surface area contributed by atoms with Gasteiger partial charge in [0.2, 0.25) is 0 Å². The van der Waals surface area contributed by atoms with Gasteiger partial charge < -0.3 is 15.6 Å². The fourth-order valence-electron chi connectivity index (χ4n) is 0. The van der Waals surface area contributed by atoms with Gasteiger partial charge in [-0.2, -0.15) is 0 Å². The summed E-state index contributed by atoms with van der Waals surface area (Å²) in [6.07, 6.45) is 0. The van der Waals surface area contributed by atoms with Crippen molar-refractivity contribution in [2.45, 2.75) is 0 Å². The Morgan fingerprint density at radius 1 is 1.00 bits per heavy atom. The monoisotopic (exact) mass is 314 g/mol. The zero-order chi connectivity index (χ0) is 2.71. The van der Waals surface area contributed by atoms with Crippen LogP contribution in [-0.2, 0) is 5.04 Å². The van der Waals surface area contributed by atoms with Crippen molar-refractivity contribution in [2.75, 3.05) is 0 Å². The molecular weight excluding hydrogens is 314 g/mol. The van der Waals surface area contributed by atoms with Gasteiger partial charge in [0.15, 0.2) is 0 Å². The van der Waals surface area contributed by atoms with E-state index in [0.29, 0.717) is 0 Å². The summed E-state index contributed by atoms with van der Waals surface area (Å²) < 4.78 is 0. The second-order valence-electron chi connectivity index (χ2n) is 0.0680. The van der Waals surface area contributed by atoms with Crippen molar-refractivity contribution >= 4 is 0 Å². The first-order valence-corrected chi connectivity index (χ1v) is 0.333. The zero-order valence-corrected chi connectivity index (χ0v) is 15.8. The molecule has 0 saturated carbocycles. The van der Waals surface area contributed by atoms with Crippen LogP contribution in [0.5, 0.6) is 0 Å². The maximum absolute atomic E-state index is 7.88. The van der Waals surface area contributed by atoms with Gasteiger partial charge in [-0.1, -0.05) is 0 Å². The Kier molecular flexibility index (Phi) is 50.1. The molecule has 0 N–H and O–H groups in total. The van der Waals surface area contributed by atoms with E-state index in [4.69, 9.17) is 10.5 Å². The molecule has 0 saturated heterocycles. The molecule has 0 aliphatic heterocycles. The number of hydrogen-bond donors (Lipinski definition) is 0. The zero-order valence-electron chi connectivity index (χ0n) is 3.22. The van der Waals surface area contributed by atoms with Crippen molar-refractivity contribution in [3.8, 4) is 0 Å². The Hall–Kier alpha value is 3.98. The maximum Gasteiger partial charge on any atom is 1.00 e. The van der Waals surface area contributed by atoms with Crippen LogP contribution < -0.4 is 148 Å². The molecule has 0 rings (SSSR count). The van der Waals surface area contributed by atoms with Crippen molar-refractivity contribution in [1.82, 2.24) is 0 Å². The van der Waals surface area contributed by atoms with Crippen molar-refractivity contribution in [3.63, 3.8) is 0 Å². The minimum absolute atomic E-state index is 0. The molecule has 0 atom stereocenters. The van der Waals surface area contributed by atoms with E-state index in [1.54, 1.807) is 5.04 Å². The van der Waals surface area contributed by atoms with Crippen LogP contribution in [0.15, 0.2) is 0 Å². The fraction of sp³-hybridized carbons (Fsp3) is 0. The van der Waals surface area contributed by atoms with Gasteiger partial charge in [0, 0.05) is 0 Å². The van der Waals surface area contributed by atoms with Gasteiger partial charge >= 0.3 is 138 Å². The Morgan fingerprint density at radius 2 is 1.00 bits per heavy atom. The summed E-state index contributed by atoms with van der Waals surface area (Å²) in [5.41, 5.74) is 0. The van der Waals surface area contributed by atoms with E-state index in [1.165, 1.54) is 0 Å². The standard InChI is InChI=1S/2Cs.H2O3/c;;1-3-2/h;;1-2H/q2*+1;/p-2. The van der Waals surface area contributed by atoms with E-state index in [9.17, 15) is 0 Å². The predicted octanol–water partition coefficient (Wildman–Crippen LogP) is -8.44. The molecule has 0 aromatic heterocycles. The topological polar surface area (TPSA) is 55.3 Å². The summed E-state index contributed by atoms with van der Waals surface area (Å²) in [6, 6.07) is 0. The molecule has 0 amide bonds. The Labute approximate surface area is 148 Å². The average Bonchev–Trinajstić information content (AvgIpc) is 0.918. The van der Waals surface area contributed by atoms with Crippen LogP contribution in [0, 0.1) is 0 Å². The average molecular weight is 314 g/mol. The van der Waals surface area contributed by atoms with E-state index in [-0.39, 0.29) is 138 Å². The SMILES string of the molecule is [Cs+].[Cs+].[O-]O[O-]. The fourth-order valence-corrected chi connectivity index (χ4v) is 0. The third kappa shape index (κ3) is 18.0. The van der Waals surface area contributed by atoms with Crippen molar-refractivity contribution < 1.29 is 153 Å². The summed E-state index contributed by atoms with van der Waals surface area (Å²) in [5, 5.41) is 17.5. The molecular formula is Cs2O3. The second-order valence-corrected chi connectivity index (χ2v) is 0.0680. The number of rotatable bonds is 0. The summed E-state index contributed by atoms with van der Waals surface area (Å²) in [4.78, 5) is 0. The van der Waals surface area contributed by atoms with E-state index in [2.05, 4.69) is 0 Å². The Bertz CT molecular complexity index is 4.85. The quantitative estimate of drug-likeness (QED) is 0.330. The van der Waals surface area contributed by atoms with Crippen LogP contribution in [0.1, 0.15) is 0 Å². The molecule has 0 unspecified atom stereocenters. The van der Waals surface area contributed by atoms with E-state index in [0.717, 1.165) is 0 Å². The van der Waals surface area contributed by atoms with Crippen LogP contribution in [0.2, 0.25) is 0 Å². The predicted molar refractivity (Wildman–Crippen MR) is 1.08 cm³/mol. The van der Waals surface area contributed by atoms with E-state index in [1.807, 2.05) is 0 Å². The minimum atomic E-state index is 0. The van der Waals surface area contributed by atoms with Gasteiger partial charge in [-0.3, -0.25) is 0 Å². The smallest absolute Gasteiger partial charge is 0.734 e. The van der Waals surface area contributed by atoms with E-state index >= 15 is 0 Å². The van der Waals surface area contributed by atoms with Crippen LogP contribution in [0.3, 0.4) is 0 Å². The van der Waals surface area contributed by atoms with Gasteiger partial charge in [-0.25, -0.2) is 0 Å². The maximum atomic E-state index is 7.88. The summed E-state index contributed by atoms with van der Waals surface area (Å²) >= 11 is 0. The molecule has 0 aliphatic rings. The largest absolute Gasteiger partial charge is 1.00 e. The Morgan fingerprint density at radius 3 is 1.00 bits per heavy atom. The third-order valence-corrected chi connectivity index (χ3v) is 0. The molecule has 5 heteroatoms. The first kappa shape index (κ1) is 16.0. The van der Waals surface area contributed by atoms with Gasteiger partial charge in [0.05, 0.1) is 0 Å². The van der Waals surface area contributed by atoms with Gasteiger partial charge in [-0.15, -0.1) is 0 Å². The Balaban J connectivity index is -0.0000000200.